The lowest BCUT2D eigenvalue weighted by Gasteiger charge is -2.23. The Morgan fingerprint density at radius 3 is 1.15 bits per heavy atom. The Balaban J connectivity index is 0.000000200. The Kier molecular flexibility index (Phi) is 6.68. The molecule has 0 spiro atoms. The highest BCUT2D eigenvalue weighted by Gasteiger charge is 2.43. The van der Waals surface area contributed by atoms with Crippen LogP contribution < -0.4 is 0 Å². The van der Waals surface area contributed by atoms with Crippen molar-refractivity contribution in [3.8, 4) is 0 Å². The van der Waals surface area contributed by atoms with Crippen molar-refractivity contribution < 1.29 is 28.8 Å². The molecule has 0 amide bonds. The summed E-state index contributed by atoms with van der Waals surface area (Å²) in [5.74, 6) is 0. The molecule has 2 aliphatic rings. The monoisotopic (exact) mass is 422 g/mol. The quantitative estimate of drug-likeness (QED) is 0.275. The van der Waals surface area contributed by atoms with Gasteiger partial charge in [-0.05, 0) is 0 Å². The number of hydrogen-bond acceptors (Lipinski definition) is 8. The number of nitrogens with zero attached hydrogens (tertiary/aromatic N) is 2. The van der Waals surface area contributed by atoms with Gasteiger partial charge in [0.15, 0.2) is 0 Å². The highest BCUT2D eigenvalue weighted by molar-refractivity contribution is 9.10. The van der Waals surface area contributed by atoms with E-state index in [1.54, 1.807) is 0 Å². The van der Waals surface area contributed by atoms with Gasteiger partial charge in [-0.1, -0.05) is 0 Å². The standard InChI is InChI=1S/2C4H6BrNO4/c2*5-4(6(7)8)1-9-3-10-2-4/h2*1-3H2. The van der Waals surface area contributed by atoms with Crippen LogP contribution in [-0.2, 0) is 18.9 Å². The second kappa shape index (κ2) is 7.56. The summed E-state index contributed by atoms with van der Waals surface area (Å²) in [4.78, 5) is 19.6. The number of rotatable bonds is 2. The van der Waals surface area contributed by atoms with Gasteiger partial charge >= 0.3 is 8.90 Å². The molecule has 0 N–H and O–H groups in total. The van der Waals surface area contributed by atoms with Gasteiger partial charge in [0, 0.05) is 41.7 Å². The number of nitro groups is 2. The molecule has 2 heterocycles. The van der Waals surface area contributed by atoms with E-state index in [-0.39, 0.29) is 40.0 Å². The zero-order chi connectivity index (χ0) is 15.2. The van der Waals surface area contributed by atoms with Crippen LogP contribution in [0.5, 0.6) is 0 Å². The molecule has 2 aliphatic heterocycles. The molecule has 10 nitrogen and oxygen atoms in total. The van der Waals surface area contributed by atoms with Crippen LogP contribution in [0.2, 0.25) is 0 Å². The zero-order valence-corrected chi connectivity index (χ0v) is 13.3. The number of halogens is 2. The first-order valence-electron chi connectivity index (χ1n) is 5.28. The van der Waals surface area contributed by atoms with Gasteiger partial charge in [-0.3, -0.25) is 20.2 Å². The van der Waals surface area contributed by atoms with E-state index in [1.165, 1.54) is 0 Å². The van der Waals surface area contributed by atoms with Gasteiger partial charge in [-0.15, -0.1) is 0 Å². The van der Waals surface area contributed by atoms with Gasteiger partial charge in [0.2, 0.25) is 0 Å². The minimum Gasteiger partial charge on any atom is -0.347 e. The van der Waals surface area contributed by atoms with Crippen LogP contribution in [0.4, 0.5) is 0 Å². The Morgan fingerprint density at radius 2 is 1.00 bits per heavy atom. The number of hydrogen-bond donors (Lipinski definition) is 0. The smallest absolute Gasteiger partial charge is 0.320 e. The van der Waals surface area contributed by atoms with E-state index in [0.29, 0.717) is 0 Å². The summed E-state index contributed by atoms with van der Waals surface area (Å²) in [6.45, 7) is 0.502. The largest absolute Gasteiger partial charge is 0.347 e. The van der Waals surface area contributed by atoms with Crippen molar-refractivity contribution in [3.63, 3.8) is 0 Å². The normalized spacial score (nSPS) is 24.1. The molecule has 0 unspecified atom stereocenters. The maximum Gasteiger partial charge on any atom is 0.320 e. The first-order valence-corrected chi connectivity index (χ1v) is 6.87. The lowest BCUT2D eigenvalue weighted by Crippen LogP contribution is -2.45. The zero-order valence-electron chi connectivity index (χ0n) is 10.2. The van der Waals surface area contributed by atoms with Crippen LogP contribution >= 0.6 is 31.9 Å². The van der Waals surface area contributed by atoms with Crippen molar-refractivity contribution in [2.24, 2.45) is 0 Å². The molecule has 2 saturated heterocycles. The van der Waals surface area contributed by atoms with Crippen LogP contribution in [0.1, 0.15) is 0 Å². The Morgan fingerprint density at radius 1 is 0.750 bits per heavy atom. The van der Waals surface area contributed by atoms with E-state index >= 15 is 0 Å². The molecular weight excluding hydrogens is 412 g/mol. The summed E-state index contributed by atoms with van der Waals surface area (Å²) in [7, 11) is 0. The van der Waals surface area contributed by atoms with Gasteiger partial charge in [0.1, 0.15) is 40.0 Å². The SMILES string of the molecule is O=[N+]([O-])C1(Br)COCOC1.O=[N+]([O-])C1(Br)COCOC1. The molecule has 0 aromatic heterocycles. The summed E-state index contributed by atoms with van der Waals surface area (Å²) in [5.41, 5.74) is 0. The van der Waals surface area contributed by atoms with E-state index in [0.717, 1.165) is 0 Å². The van der Waals surface area contributed by atoms with Crippen molar-refractivity contribution in [2.75, 3.05) is 40.0 Å². The fourth-order valence-corrected chi connectivity index (χ4v) is 1.85. The van der Waals surface area contributed by atoms with E-state index in [4.69, 9.17) is 18.9 Å². The summed E-state index contributed by atoms with van der Waals surface area (Å²) < 4.78 is 16.5. The maximum atomic E-state index is 10.3. The third-order valence-corrected chi connectivity index (χ3v) is 3.78. The van der Waals surface area contributed by atoms with E-state index in [9.17, 15) is 20.2 Å². The number of alkyl halides is 2. The third kappa shape index (κ3) is 4.86. The van der Waals surface area contributed by atoms with E-state index in [1.807, 2.05) is 0 Å². The minimum atomic E-state index is -1.23. The van der Waals surface area contributed by atoms with Crippen LogP contribution in [0, 0.1) is 20.2 Å². The molecule has 0 saturated carbocycles. The molecule has 20 heavy (non-hydrogen) atoms. The van der Waals surface area contributed by atoms with Crippen LogP contribution in [-0.4, -0.2) is 58.8 Å². The summed E-state index contributed by atoms with van der Waals surface area (Å²) in [6.07, 6.45) is 0. The molecule has 0 aromatic rings. The molecule has 0 aromatic carbocycles. The predicted molar refractivity (Wildman–Crippen MR) is 70.8 cm³/mol. The van der Waals surface area contributed by atoms with Crippen molar-refractivity contribution in [2.45, 2.75) is 8.90 Å². The first-order chi connectivity index (χ1) is 9.30. The molecular formula is C8H12Br2N2O8. The average molecular weight is 424 g/mol. The minimum absolute atomic E-state index is 0.0556. The summed E-state index contributed by atoms with van der Waals surface area (Å²) >= 11 is 5.82. The second-order valence-corrected chi connectivity index (χ2v) is 6.93. The van der Waals surface area contributed by atoms with Crippen molar-refractivity contribution >= 4 is 31.9 Å². The molecule has 12 heteroatoms. The van der Waals surface area contributed by atoms with Gasteiger partial charge in [0.25, 0.3) is 0 Å². The maximum absolute atomic E-state index is 10.3. The van der Waals surface area contributed by atoms with Gasteiger partial charge in [-0.25, -0.2) is 0 Å². The lowest BCUT2D eigenvalue weighted by atomic mass is 10.3. The summed E-state index contributed by atoms with van der Waals surface area (Å²) in [5, 5.41) is 20.5. The average Bonchev–Trinajstić information content (AvgIpc) is 2.41. The molecule has 0 atom stereocenters. The topological polar surface area (TPSA) is 123 Å². The summed E-state index contributed by atoms with van der Waals surface area (Å²) in [6, 6.07) is 0. The van der Waals surface area contributed by atoms with E-state index in [2.05, 4.69) is 31.9 Å². The Labute approximate surface area is 130 Å². The Hall–Kier alpha value is -0.400. The van der Waals surface area contributed by atoms with Gasteiger partial charge < -0.3 is 18.9 Å². The van der Waals surface area contributed by atoms with Crippen molar-refractivity contribution in [1.82, 2.24) is 0 Å². The van der Waals surface area contributed by atoms with Crippen LogP contribution in [0.15, 0.2) is 0 Å². The molecule has 0 radical (unpaired) electrons. The molecule has 2 rings (SSSR count). The van der Waals surface area contributed by atoms with Crippen LogP contribution in [0.3, 0.4) is 0 Å². The van der Waals surface area contributed by atoms with Crippen molar-refractivity contribution in [1.29, 1.82) is 0 Å². The highest BCUT2D eigenvalue weighted by atomic mass is 79.9. The van der Waals surface area contributed by atoms with Crippen molar-refractivity contribution in [3.05, 3.63) is 20.2 Å². The molecule has 2 fully saturated rings. The van der Waals surface area contributed by atoms with Crippen LogP contribution in [0.25, 0.3) is 0 Å². The van der Waals surface area contributed by atoms with Gasteiger partial charge in [-0.2, -0.15) is 0 Å². The predicted octanol–water partition coefficient (Wildman–Crippen LogP) is 0.717. The molecule has 0 bridgehead atoms. The fourth-order valence-electron chi connectivity index (χ4n) is 1.20. The lowest BCUT2D eigenvalue weighted by molar-refractivity contribution is -0.552. The molecule has 0 aliphatic carbocycles. The first kappa shape index (κ1) is 17.7. The fraction of sp³-hybridized carbons (Fsp3) is 1.00. The molecule has 116 valence electrons. The highest BCUT2D eigenvalue weighted by Crippen LogP contribution is 2.23. The number of ether oxygens (including phenoxy) is 4. The third-order valence-electron chi connectivity index (χ3n) is 2.28. The van der Waals surface area contributed by atoms with E-state index < -0.39 is 18.7 Å². The Bertz CT molecular complexity index is 322. The second-order valence-electron chi connectivity index (χ2n) is 3.98. The van der Waals surface area contributed by atoms with Gasteiger partial charge in [0.05, 0.1) is 0 Å².